The number of ether oxygens (including phenoxy) is 4. The van der Waals surface area contributed by atoms with Gasteiger partial charge in [0.25, 0.3) is 0 Å². The van der Waals surface area contributed by atoms with E-state index < -0.39 is 5.97 Å². The Morgan fingerprint density at radius 3 is 2.54 bits per heavy atom. The number of carboxylic acids is 1. The minimum absolute atomic E-state index is 0.00247. The van der Waals surface area contributed by atoms with E-state index in [-0.39, 0.29) is 36.5 Å². The van der Waals surface area contributed by atoms with Gasteiger partial charge in [0.05, 0.1) is 48.9 Å². The SMILES string of the molecule is COCCCO[C@H]1CN(c2cnc(O[C@@H]3CCN(c4cc(OC)ncc4Cl)C[C@H]3C)cn2)[C@@H](CC(=O)O)[C@@H]1C. The molecule has 0 aliphatic carbocycles. The van der Waals surface area contributed by atoms with Crippen molar-refractivity contribution in [3.05, 3.63) is 29.7 Å². The maximum atomic E-state index is 11.6. The highest BCUT2D eigenvalue weighted by Gasteiger charge is 2.41. The molecule has 0 radical (unpaired) electrons. The van der Waals surface area contributed by atoms with Crippen LogP contribution in [0.2, 0.25) is 5.02 Å². The van der Waals surface area contributed by atoms with Crippen LogP contribution in [-0.4, -0.2) is 91.3 Å². The third-order valence-electron chi connectivity index (χ3n) is 7.55. The average Bonchev–Trinajstić information content (AvgIpc) is 3.22. The largest absolute Gasteiger partial charge is 0.481 e. The lowest BCUT2D eigenvalue weighted by atomic mass is 9.96. The molecule has 2 fully saturated rings. The molecule has 2 aliphatic heterocycles. The molecule has 12 heteroatoms. The molecule has 0 aromatic carbocycles. The minimum Gasteiger partial charge on any atom is -0.481 e. The van der Waals surface area contributed by atoms with Gasteiger partial charge in [-0.3, -0.25) is 4.79 Å². The molecule has 39 heavy (non-hydrogen) atoms. The number of nitrogens with zero attached hydrogens (tertiary/aromatic N) is 5. The number of piperidine rings is 1. The quantitative estimate of drug-likeness (QED) is 0.382. The monoisotopic (exact) mass is 563 g/mol. The summed E-state index contributed by atoms with van der Waals surface area (Å²) >= 11 is 6.40. The van der Waals surface area contributed by atoms with Crippen LogP contribution in [0.5, 0.6) is 11.8 Å². The normalized spacial score (nSPS) is 25.1. The second-order valence-electron chi connectivity index (χ2n) is 10.2. The predicted molar refractivity (Wildman–Crippen MR) is 147 cm³/mol. The summed E-state index contributed by atoms with van der Waals surface area (Å²) in [5.41, 5.74) is 0.898. The van der Waals surface area contributed by atoms with Crippen LogP contribution in [0, 0.1) is 11.8 Å². The van der Waals surface area contributed by atoms with Gasteiger partial charge in [0.15, 0.2) is 0 Å². The van der Waals surface area contributed by atoms with Crippen LogP contribution in [0.3, 0.4) is 0 Å². The number of aliphatic carboxylic acids is 1. The predicted octanol–water partition coefficient (Wildman–Crippen LogP) is 3.55. The Labute approximate surface area is 234 Å². The molecule has 0 spiro atoms. The number of carboxylic acid groups (broad SMARTS) is 1. The fraction of sp³-hybridized carbons (Fsp3) is 0.630. The van der Waals surface area contributed by atoms with E-state index in [2.05, 4.69) is 26.8 Å². The second kappa shape index (κ2) is 13.5. The highest BCUT2D eigenvalue weighted by Crippen LogP contribution is 2.34. The number of carbonyl (C=O) groups is 1. The van der Waals surface area contributed by atoms with E-state index in [1.165, 1.54) is 0 Å². The topological polar surface area (TPSA) is 119 Å². The second-order valence-corrected chi connectivity index (χ2v) is 10.6. The first-order valence-corrected chi connectivity index (χ1v) is 13.7. The van der Waals surface area contributed by atoms with Crippen LogP contribution in [0.15, 0.2) is 24.7 Å². The van der Waals surface area contributed by atoms with Gasteiger partial charge in [0.2, 0.25) is 11.8 Å². The molecule has 1 N–H and O–H groups in total. The van der Waals surface area contributed by atoms with Crippen molar-refractivity contribution in [3.8, 4) is 11.8 Å². The van der Waals surface area contributed by atoms with Crippen molar-refractivity contribution in [2.24, 2.45) is 11.8 Å². The molecule has 0 bridgehead atoms. The highest BCUT2D eigenvalue weighted by molar-refractivity contribution is 6.33. The van der Waals surface area contributed by atoms with Crippen LogP contribution in [0.25, 0.3) is 0 Å². The summed E-state index contributed by atoms with van der Waals surface area (Å²) in [4.78, 5) is 29.1. The van der Waals surface area contributed by atoms with Gasteiger partial charge in [-0.2, -0.15) is 0 Å². The van der Waals surface area contributed by atoms with Crippen molar-refractivity contribution < 1.29 is 28.8 Å². The first kappa shape index (κ1) is 29.1. The van der Waals surface area contributed by atoms with Crippen molar-refractivity contribution in [2.75, 3.05) is 56.9 Å². The smallest absolute Gasteiger partial charge is 0.305 e. The third-order valence-corrected chi connectivity index (χ3v) is 7.84. The summed E-state index contributed by atoms with van der Waals surface area (Å²) in [5, 5.41) is 10.1. The van der Waals surface area contributed by atoms with Crippen molar-refractivity contribution in [3.63, 3.8) is 0 Å². The molecule has 4 rings (SSSR count). The Morgan fingerprint density at radius 1 is 1.08 bits per heavy atom. The first-order chi connectivity index (χ1) is 18.8. The van der Waals surface area contributed by atoms with Gasteiger partial charge >= 0.3 is 5.97 Å². The van der Waals surface area contributed by atoms with Crippen molar-refractivity contribution >= 4 is 29.1 Å². The fourth-order valence-electron chi connectivity index (χ4n) is 5.36. The number of rotatable bonds is 12. The molecule has 11 nitrogen and oxygen atoms in total. The third kappa shape index (κ3) is 7.20. The van der Waals surface area contributed by atoms with Crippen LogP contribution >= 0.6 is 11.6 Å². The van der Waals surface area contributed by atoms with E-state index >= 15 is 0 Å². The molecule has 2 aliphatic rings. The number of halogens is 1. The highest BCUT2D eigenvalue weighted by atomic mass is 35.5. The Balaban J connectivity index is 1.37. The van der Waals surface area contributed by atoms with Crippen LogP contribution in [0.4, 0.5) is 11.5 Å². The Morgan fingerprint density at radius 2 is 1.87 bits per heavy atom. The van der Waals surface area contributed by atoms with E-state index in [0.717, 1.165) is 31.6 Å². The molecule has 5 atom stereocenters. The molecular formula is C27H38ClN5O6. The molecule has 0 saturated carbocycles. The lowest BCUT2D eigenvalue weighted by molar-refractivity contribution is -0.137. The van der Waals surface area contributed by atoms with E-state index in [1.54, 1.807) is 32.8 Å². The molecule has 4 heterocycles. The van der Waals surface area contributed by atoms with Crippen molar-refractivity contribution in [1.29, 1.82) is 0 Å². The van der Waals surface area contributed by atoms with Gasteiger partial charge in [0.1, 0.15) is 11.9 Å². The summed E-state index contributed by atoms with van der Waals surface area (Å²) in [6.07, 6.45) is 6.35. The van der Waals surface area contributed by atoms with Crippen LogP contribution < -0.4 is 19.3 Å². The van der Waals surface area contributed by atoms with Gasteiger partial charge in [-0.15, -0.1) is 0 Å². The number of aromatic nitrogens is 3. The van der Waals surface area contributed by atoms with Gasteiger partial charge in [0, 0.05) is 70.3 Å². The number of hydrogen-bond acceptors (Lipinski definition) is 10. The lowest BCUT2D eigenvalue weighted by Gasteiger charge is -2.38. The maximum absolute atomic E-state index is 11.6. The van der Waals surface area contributed by atoms with Gasteiger partial charge in [-0.25, -0.2) is 15.0 Å². The molecule has 2 aromatic heterocycles. The molecule has 214 valence electrons. The number of pyridine rings is 1. The number of anilines is 2. The molecule has 0 amide bonds. The number of hydrogen-bond donors (Lipinski definition) is 1. The lowest BCUT2D eigenvalue weighted by Crippen LogP contribution is -2.44. The summed E-state index contributed by atoms with van der Waals surface area (Å²) in [5.74, 6) is 0.983. The van der Waals surface area contributed by atoms with Crippen LogP contribution in [0.1, 0.15) is 33.1 Å². The van der Waals surface area contributed by atoms with Crippen molar-refractivity contribution in [1.82, 2.24) is 15.0 Å². The standard InChI is InChI=1S/C27H38ClN5O6/c1-17-15-32(21-10-25(37-4)30-12-19(21)28)7-6-22(17)39-26-14-29-24(13-31-26)33-16-23(38-9-5-8-36-3)18(2)20(33)11-27(34)35/h10,12-14,17-18,20,22-23H,5-9,11,15-16H2,1-4H3,(H,34,35)/t17-,18+,20+,22-,23+/m1/s1. The van der Waals surface area contributed by atoms with Gasteiger partial charge in [-0.05, 0) is 6.42 Å². The average molecular weight is 564 g/mol. The summed E-state index contributed by atoms with van der Waals surface area (Å²) in [7, 11) is 3.25. The molecular weight excluding hydrogens is 526 g/mol. The maximum Gasteiger partial charge on any atom is 0.305 e. The Hall–Kier alpha value is -2.89. The molecule has 0 unspecified atom stereocenters. The van der Waals surface area contributed by atoms with Gasteiger partial charge < -0.3 is 33.9 Å². The molecule has 2 saturated heterocycles. The van der Waals surface area contributed by atoms with E-state index in [9.17, 15) is 9.90 Å². The van der Waals surface area contributed by atoms with Gasteiger partial charge in [-0.1, -0.05) is 25.4 Å². The van der Waals surface area contributed by atoms with E-state index in [1.807, 2.05) is 17.9 Å². The zero-order valence-electron chi connectivity index (χ0n) is 23.0. The fourth-order valence-corrected chi connectivity index (χ4v) is 5.59. The Bertz CT molecular complexity index is 1090. The summed E-state index contributed by atoms with van der Waals surface area (Å²) in [6.45, 7) is 7.44. The molecule has 2 aromatic rings. The Kier molecular flexibility index (Phi) is 10.0. The summed E-state index contributed by atoms with van der Waals surface area (Å²) < 4.78 is 22.7. The van der Waals surface area contributed by atoms with Crippen molar-refractivity contribution in [2.45, 2.75) is 51.4 Å². The minimum atomic E-state index is -0.850. The zero-order valence-corrected chi connectivity index (χ0v) is 23.7. The summed E-state index contributed by atoms with van der Waals surface area (Å²) in [6, 6.07) is 1.62. The number of methoxy groups -OCH3 is 2. The van der Waals surface area contributed by atoms with E-state index in [4.69, 9.17) is 30.5 Å². The van der Waals surface area contributed by atoms with E-state index in [0.29, 0.717) is 42.4 Å². The van der Waals surface area contributed by atoms with Crippen LogP contribution in [-0.2, 0) is 14.3 Å². The zero-order chi connectivity index (χ0) is 27.9. The first-order valence-electron chi connectivity index (χ1n) is 13.3.